The molecule has 2 rings (SSSR count). The van der Waals surface area contributed by atoms with E-state index in [1.54, 1.807) is 12.1 Å². The van der Waals surface area contributed by atoms with E-state index in [0.29, 0.717) is 10.5 Å². The Morgan fingerprint density at radius 2 is 2.35 bits per heavy atom. The molecule has 1 aliphatic heterocycles. The molecule has 0 bridgehead atoms. The number of nitrogens with one attached hydrogen (secondary N) is 1. The van der Waals surface area contributed by atoms with Gasteiger partial charge in [0, 0.05) is 19.1 Å². The van der Waals surface area contributed by atoms with E-state index in [1.165, 1.54) is 12.8 Å². The normalized spacial score (nSPS) is 21.0. The number of hydrogen-bond acceptors (Lipinski definition) is 2. The van der Waals surface area contributed by atoms with Gasteiger partial charge in [0.2, 0.25) is 0 Å². The number of halogens is 2. The second-order valence-corrected chi connectivity index (χ2v) is 5.43. The number of likely N-dealkylation sites (tertiary alicyclic amines) is 1. The van der Waals surface area contributed by atoms with Crippen LogP contribution in [-0.4, -0.2) is 31.1 Å². The van der Waals surface area contributed by atoms with Crippen molar-refractivity contribution in [2.24, 2.45) is 0 Å². The van der Waals surface area contributed by atoms with Crippen molar-refractivity contribution < 1.29 is 4.39 Å². The van der Waals surface area contributed by atoms with Crippen LogP contribution in [0.1, 0.15) is 18.4 Å². The van der Waals surface area contributed by atoms with Crippen LogP contribution in [-0.2, 0) is 6.54 Å². The van der Waals surface area contributed by atoms with E-state index in [4.69, 9.17) is 0 Å². The summed E-state index contributed by atoms with van der Waals surface area (Å²) in [4.78, 5) is 2.43. The first-order valence-electron chi connectivity index (χ1n) is 6.03. The number of rotatable bonds is 4. The number of benzene rings is 1. The second kappa shape index (κ2) is 5.94. The van der Waals surface area contributed by atoms with Crippen LogP contribution in [0.2, 0.25) is 0 Å². The summed E-state index contributed by atoms with van der Waals surface area (Å²) < 4.78 is 14.0. The lowest BCUT2D eigenvalue weighted by Gasteiger charge is -2.24. The molecule has 0 spiro atoms. The third kappa shape index (κ3) is 3.27. The van der Waals surface area contributed by atoms with Crippen LogP contribution in [0.25, 0.3) is 0 Å². The molecule has 1 saturated heterocycles. The fraction of sp³-hybridized carbons (Fsp3) is 0.538. The third-order valence-corrected chi connectivity index (χ3v) is 3.95. The van der Waals surface area contributed by atoms with Gasteiger partial charge >= 0.3 is 0 Å². The van der Waals surface area contributed by atoms with Gasteiger partial charge in [-0.05, 0) is 60.1 Å². The molecule has 1 unspecified atom stereocenters. The number of hydrogen-bond donors (Lipinski definition) is 1. The Morgan fingerprint density at radius 3 is 3.06 bits per heavy atom. The molecule has 0 saturated carbocycles. The average Bonchev–Trinajstić information content (AvgIpc) is 2.72. The first-order chi connectivity index (χ1) is 8.20. The fourth-order valence-corrected chi connectivity index (χ4v) is 2.69. The summed E-state index contributed by atoms with van der Waals surface area (Å²) in [6, 6.07) is 5.99. The summed E-state index contributed by atoms with van der Waals surface area (Å²) in [5.41, 5.74) is 1.05. The Morgan fingerprint density at radius 1 is 1.53 bits per heavy atom. The standard InChI is InChI=1S/C13H18BrFN2/c1-16-8-11-3-2-6-17(11)9-10-4-5-12(14)13(15)7-10/h4-5,7,11,16H,2-3,6,8-9H2,1H3. The van der Waals surface area contributed by atoms with Crippen LogP contribution < -0.4 is 5.32 Å². The minimum Gasteiger partial charge on any atom is -0.318 e. The van der Waals surface area contributed by atoms with Gasteiger partial charge in [0.15, 0.2) is 0 Å². The number of likely N-dealkylation sites (N-methyl/N-ethyl adjacent to an activating group) is 1. The predicted molar refractivity (Wildman–Crippen MR) is 71.5 cm³/mol. The molecule has 1 aromatic rings. The van der Waals surface area contributed by atoms with Crippen molar-refractivity contribution in [3.05, 3.63) is 34.1 Å². The second-order valence-electron chi connectivity index (χ2n) is 4.57. The molecule has 1 N–H and O–H groups in total. The van der Waals surface area contributed by atoms with Crippen molar-refractivity contribution in [1.29, 1.82) is 0 Å². The SMILES string of the molecule is CNCC1CCCN1Cc1ccc(Br)c(F)c1. The first-order valence-corrected chi connectivity index (χ1v) is 6.82. The lowest BCUT2D eigenvalue weighted by molar-refractivity contribution is 0.242. The van der Waals surface area contributed by atoms with Crippen LogP contribution in [0, 0.1) is 5.82 Å². The van der Waals surface area contributed by atoms with E-state index in [9.17, 15) is 4.39 Å². The Balaban J connectivity index is 2.02. The maximum Gasteiger partial charge on any atom is 0.137 e. The highest BCUT2D eigenvalue weighted by molar-refractivity contribution is 9.10. The molecule has 4 heteroatoms. The molecule has 2 nitrogen and oxygen atoms in total. The van der Waals surface area contributed by atoms with Gasteiger partial charge in [0.1, 0.15) is 5.82 Å². The minimum absolute atomic E-state index is 0.174. The quantitative estimate of drug-likeness (QED) is 0.920. The molecular formula is C13H18BrFN2. The van der Waals surface area contributed by atoms with Crippen molar-refractivity contribution in [3.8, 4) is 0 Å². The van der Waals surface area contributed by atoms with E-state index < -0.39 is 0 Å². The van der Waals surface area contributed by atoms with Crippen molar-refractivity contribution in [3.63, 3.8) is 0 Å². The molecule has 0 amide bonds. The lowest BCUT2D eigenvalue weighted by Crippen LogP contribution is -2.36. The van der Waals surface area contributed by atoms with Crippen LogP contribution in [0.3, 0.4) is 0 Å². The van der Waals surface area contributed by atoms with Gasteiger partial charge in [-0.3, -0.25) is 4.90 Å². The van der Waals surface area contributed by atoms with Gasteiger partial charge < -0.3 is 5.32 Å². The van der Waals surface area contributed by atoms with Gasteiger partial charge in [0.05, 0.1) is 4.47 Å². The lowest BCUT2D eigenvalue weighted by atomic mass is 10.2. The summed E-state index contributed by atoms with van der Waals surface area (Å²) in [5, 5.41) is 3.22. The first kappa shape index (κ1) is 13.0. The molecule has 0 aliphatic carbocycles. The van der Waals surface area contributed by atoms with Crippen molar-refractivity contribution in [2.75, 3.05) is 20.1 Å². The minimum atomic E-state index is -0.174. The molecule has 1 atom stereocenters. The molecular weight excluding hydrogens is 283 g/mol. The average molecular weight is 301 g/mol. The zero-order valence-electron chi connectivity index (χ0n) is 10.0. The highest BCUT2D eigenvalue weighted by Gasteiger charge is 2.23. The molecule has 94 valence electrons. The van der Waals surface area contributed by atoms with E-state index >= 15 is 0 Å². The number of nitrogens with zero attached hydrogens (tertiary/aromatic N) is 1. The Labute approximate surface area is 110 Å². The molecule has 17 heavy (non-hydrogen) atoms. The summed E-state index contributed by atoms with van der Waals surface area (Å²) in [5.74, 6) is -0.174. The van der Waals surface area contributed by atoms with Crippen molar-refractivity contribution >= 4 is 15.9 Å². The van der Waals surface area contributed by atoms with Gasteiger partial charge in [-0.15, -0.1) is 0 Å². The summed E-state index contributed by atoms with van der Waals surface area (Å²) in [7, 11) is 1.98. The fourth-order valence-electron chi connectivity index (χ4n) is 2.44. The van der Waals surface area contributed by atoms with Crippen LogP contribution in [0.15, 0.2) is 22.7 Å². The van der Waals surface area contributed by atoms with Gasteiger partial charge in [-0.2, -0.15) is 0 Å². The zero-order chi connectivity index (χ0) is 12.3. The summed E-state index contributed by atoms with van der Waals surface area (Å²) in [6.07, 6.45) is 2.48. The summed E-state index contributed by atoms with van der Waals surface area (Å²) in [6.45, 7) is 2.97. The Kier molecular flexibility index (Phi) is 4.54. The smallest absolute Gasteiger partial charge is 0.137 e. The third-order valence-electron chi connectivity index (χ3n) is 3.31. The maximum absolute atomic E-state index is 13.4. The van der Waals surface area contributed by atoms with Gasteiger partial charge in [-0.1, -0.05) is 6.07 Å². The maximum atomic E-state index is 13.4. The van der Waals surface area contributed by atoms with Crippen LogP contribution in [0.4, 0.5) is 4.39 Å². The van der Waals surface area contributed by atoms with Crippen molar-refractivity contribution in [2.45, 2.75) is 25.4 Å². The molecule has 0 radical (unpaired) electrons. The predicted octanol–water partition coefficient (Wildman–Crippen LogP) is 2.77. The van der Waals surface area contributed by atoms with E-state index in [-0.39, 0.29) is 5.82 Å². The largest absolute Gasteiger partial charge is 0.318 e. The molecule has 1 fully saturated rings. The zero-order valence-corrected chi connectivity index (χ0v) is 11.6. The molecule has 0 aromatic heterocycles. The molecule has 1 heterocycles. The Hall–Kier alpha value is -0.450. The van der Waals surface area contributed by atoms with Crippen molar-refractivity contribution in [1.82, 2.24) is 10.2 Å². The monoisotopic (exact) mass is 300 g/mol. The van der Waals surface area contributed by atoms with Crippen LogP contribution >= 0.6 is 15.9 Å². The topological polar surface area (TPSA) is 15.3 Å². The summed E-state index contributed by atoms with van der Waals surface area (Å²) >= 11 is 3.18. The van der Waals surface area contributed by atoms with Crippen LogP contribution in [0.5, 0.6) is 0 Å². The van der Waals surface area contributed by atoms with E-state index in [1.807, 2.05) is 13.1 Å². The van der Waals surface area contributed by atoms with Gasteiger partial charge in [-0.25, -0.2) is 4.39 Å². The molecule has 1 aliphatic rings. The molecule has 1 aromatic carbocycles. The highest BCUT2D eigenvalue weighted by Crippen LogP contribution is 2.22. The van der Waals surface area contributed by atoms with E-state index in [0.717, 1.165) is 25.2 Å². The van der Waals surface area contributed by atoms with E-state index in [2.05, 4.69) is 26.1 Å². The highest BCUT2D eigenvalue weighted by atomic mass is 79.9. The Bertz CT molecular complexity index is 384. The van der Waals surface area contributed by atoms with Gasteiger partial charge in [0.25, 0.3) is 0 Å².